The summed E-state index contributed by atoms with van der Waals surface area (Å²) < 4.78 is 11.7. The first-order valence-corrected chi connectivity index (χ1v) is 13.0. The lowest BCUT2D eigenvalue weighted by molar-refractivity contribution is -0.111. The number of aromatic nitrogens is 2. The number of nitrogens with one attached hydrogen (secondary N) is 2. The molecule has 0 aliphatic rings. The predicted molar refractivity (Wildman–Crippen MR) is 157 cm³/mol. The second kappa shape index (κ2) is 13.1. The molecule has 2 heterocycles. The molecule has 2 aromatic carbocycles. The fraction of sp³-hybridized carbons (Fsp3) is 0.233. The van der Waals surface area contributed by atoms with Gasteiger partial charge in [-0.3, -0.25) is 14.8 Å². The van der Waals surface area contributed by atoms with Crippen molar-refractivity contribution >= 4 is 45.5 Å². The Kier molecular flexibility index (Phi) is 9.35. The van der Waals surface area contributed by atoms with Gasteiger partial charge in [-0.25, -0.2) is 0 Å². The summed E-state index contributed by atoms with van der Waals surface area (Å²) in [5, 5.41) is 7.68. The van der Waals surface area contributed by atoms with E-state index in [1.54, 1.807) is 6.20 Å². The molecular weight excluding hydrogens is 514 g/mol. The van der Waals surface area contributed by atoms with E-state index in [4.69, 9.17) is 26.1 Å². The topological polar surface area (TPSA) is 88.6 Å². The summed E-state index contributed by atoms with van der Waals surface area (Å²) in [4.78, 5) is 23.5. The van der Waals surface area contributed by atoms with E-state index in [-0.39, 0.29) is 5.91 Å². The van der Waals surface area contributed by atoms with Gasteiger partial charge in [-0.1, -0.05) is 23.7 Å². The summed E-state index contributed by atoms with van der Waals surface area (Å²) in [6.45, 7) is 5.27. The average Bonchev–Trinajstić information content (AvgIpc) is 2.89. The summed E-state index contributed by atoms with van der Waals surface area (Å²) in [5.74, 6) is 0.887. The van der Waals surface area contributed by atoms with Gasteiger partial charge in [-0.05, 0) is 70.4 Å². The highest BCUT2D eigenvalue weighted by atomic mass is 35.5. The van der Waals surface area contributed by atoms with Crippen LogP contribution in [0, 0.1) is 6.92 Å². The highest BCUT2D eigenvalue weighted by Gasteiger charge is 2.14. The molecule has 0 aliphatic carbocycles. The number of ether oxygens (including phenoxy) is 2. The molecule has 39 heavy (non-hydrogen) atoms. The minimum Gasteiger partial charge on any atom is -0.492 e. The number of likely N-dealkylation sites (N-methyl/N-ethyl adjacent to an activating group) is 1. The van der Waals surface area contributed by atoms with Crippen molar-refractivity contribution in [2.45, 2.75) is 20.5 Å². The van der Waals surface area contributed by atoms with Crippen LogP contribution in [-0.4, -0.2) is 48.0 Å². The Hall–Kier alpha value is -4.14. The Bertz CT molecular complexity index is 1470. The van der Waals surface area contributed by atoms with Crippen molar-refractivity contribution in [1.29, 1.82) is 0 Å². The molecule has 4 rings (SSSR count). The van der Waals surface area contributed by atoms with Gasteiger partial charge in [-0.15, -0.1) is 0 Å². The summed E-state index contributed by atoms with van der Waals surface area (Å²) in [6.07, 6.45) is 5.05. The Balaban J connectivity index is 1.60. The smallest absolute Gasteiger partial charge is 0.248 e. The Morgan fingerprint density at radius 2 is 1.90 bits per heavy atom. The van der Waals surface area contributed by atoms with Gasteiger partial charge in [0.15, 0.2) is 0 Å². The van der Waals surface area contributed by atoms with Crippen molar-refractivity contribution in [1.82, 2.24) is 14.9 Å². The van der Waals surface area contributed by atoms with Gasteiger partial charge in [0.1, 0.15) is 18.1 Å². The number of halogens is 1. The summed E-state index contributed by atoms with van der Waals surface area (Å²) in [6, 6.07) is 16.9. The third-order valence-corrected chi connectivity index (χ3v) is 5.94. The molecule has 2 N–H and O–H groups in total. The Morgan fingerprint density at radius 3 is 2.62 bits per heavy atom. The maximum Gasteiger partial charge on any atom is 0.248 e. The molecule has 0 radical (unpaired) electrons. The highest BCUT2D eigenvalue weighted by molar-refractivity contribution is 6.32. The van der Waals surface area contributed by atoms with Gasteiger partial charge in [0, 0.05) is 47.3 Å². The van der Waals surface area contributed by atoms with Crippen LogP contribution in [-0.2, 0) is 11.4 Å². The number of anilines is 3. The maximum atomic E-state index is 12.6. The van der Waals surface area contributed by atoms with Crippen LogP contribution in [0.2, 0.25) is 5.02 Å². The fourth-order valence-corrected chi connectivity index (χ4v) is 4.13. The summed E-state index contributed by atoms with van der Waals surface area (Å²) >= 11 is 6.54. The lowest BCUT2D eigenvalue weighted by Crippen LogP contribution is -2.13. The zero-order chi connectivity index (χ0) is 27.8. The first-order valence-electron chi connectivity index (χ1n) is 12.6. The first-order chi connectivity index (χ1) is 18.8. The standard InChI is InChI=1S/C30H32ClN5O3/c1-5-38-29-18-26-23(17-27(29)35-30(37)10-8-14-36(3)4)25(15-20(2)33-26)34-21-11-12-28(24(31)16-21)39-19-22-9-6-7-13-32-22/h6-13,15-18H,5,14,19H2,1-4H3,(H,33,34)(H,35,37)/b10-8+. The molecule has 0 aliphatic heterocycles. The Labute approximate surface area is 233 Å². The summed E-state index contributed by atoms with van der Waals surface area (Å²) in [7, 11) is 3.89. The number of aryl methyl sites for hydroxylation is 1. The molecule has 202 valence electrons. The van der Waals surface area contributed by atoms with Gasteiger partial charge in [0.05, 0.1) is 28.5 Å². The second-order valence-corrected chi connectivity index (χ2v) is 9.55. The van der Waals surface area contributed by atoms with Gasteiger partial charge in [0.25, 0.3) is 0 Å². The Morgan fingerprint density at radius 1 is 1.05 bits per heavy atom. The lowest BCUT2D eigenvalue weighted by atomic mass is 10.1. The molecule has 4 aromatic rings. The molecule has 0 fully saturated rings. The molecule has 0 atom stereocenters. The van der Waals surface area contributed by atoms with E-state index in [9.17, 15) is 4.79 Å². The lowest BCUT2D eigenvalue weighted by Gasteiger charge is -2.16. The molecule has 0 unspecified atom stereocenters. The zero-order valence-corrected chi connectivity index (χ0v) is 23.2. The first kappa shape index (κ1) is 27.9. The van der Waals surface area contributed by atoms with Crippen molar-refractivity contribution in [2.24, 2.45) is 0 Å². The maximum absolute atomic E-state index is 12.6. The van der Waals surface area contributed by atoms with Crippen LogP contribution in [0.3, 0.4) is 0 Å². The van der Waals surface area contributed by atoms with Crippen LogP contribution in [0.5, 0.6) is 11.5 Å². The molecule has 0 spiro atoms. The largest absolute Gasteiger partial charge is 0.492 e. The van der Waals surface area contributed by atoms with Crippen molar-refractivity contribution in [2.75, 3.05) is 37.9 Å². The number of carbonyl (C=O) groups excluding carboxylic acids is 1. The third-order valence-electron chi connectivity index (χ3n) is 5.65. The normalized spacial score (nSPS) is 11.2. The van der Waals surface area contributed by atoms with Crippen LogP contribution >= 0.6 is 11.6 Å². The van der Waals surface area contributed by atoms with Crippen LogP contribution in [0.1, 0.15) is 18.3 Å². The monoisotopic (exact) mass is 545 g/mol. The molecular formula is C30H32ClN5O3. The van der Waals surface area contributed by atoms with E-state index >= 15 is 0 Å². The van der Waals surface area contributed by atoms with Crippen LogP contribution < -0.4 is 20.1 Å². The zero-order valence-electron chi connectivity index (χ0n) is 22.5. The van der Waals surface area contributed by atoms with E-state index in [0.717, 1.165) is 33.7 Å². The predicted octanol–water partition coefficient (Wildman–Crippen LogP) is 6.37. The third kappa shape index (κ3) is 7.69. The number of benzene rings is 2. The average molecular weight is 546 g/mol. The molecule has 9 heteroatoms. The van der Waals surface area contributed by atoms with Crippen LogP contribution in [0.15, 0.2) is 72.9 Å². The van der Waals surface area contributed by atoms with Crippen LogP contribution in [0.25, 0.3) is 10.9 Å². The highest BCUT2D eigenvalue weighted by Crippen LogP contribution is 2.36. The minimum atomic E-state index is -0.236. The number of pyridine rings is 2. The summed E-state index contributed by atoms with van der Waals surface area (Å²) in [5.41, 5.74) is 4.55. The number of nitrogens with zero attached hydrogens (tertiary/aromatic N) is 3. The van der Waals surface area contributed by atoms with E-state index in [1.165, 1.54) is 6.08 Å². The van der Waals surface area contributed by atoms with Gasteiger partial charge in [0.2, 0.25) is 5.91 Å². The molecule has 8 nitrogen and oxygen atoms in total. The van der Waals surface area contributed by atoms with E-state index in [0.29, 0.717) is 42.0 Å². The van der Waals surface area contributed by atoms with Gasteiger partial charge < -0.3 is 25.0 Å². The van der Waals surface area contributed by atoms with Crippen LogP contribution in [0.4, 0.5) is 17.1 Å². The number of fused-ring (bicyclic) bond motifs is 1. The second-order valence-electron chi connectivity index (χ2n) is 9.14. The SMILES string of the molecule is CCOc1cc2nc(C)cc(Nc3ccc(OCc4ccccn4)c(Cl)c3)c2cc1NC(=O)/C=C/CN(C)C. The van der Waals surface area contributed by atoms with E-state index in [2.05, 4.69) is 15.6 Å². The van der Waals surface area contributed by atoms with Crippen molar-refractivity contribution in [3.63, 3.8) is 0 Å². The molecule has 2 aromatic heterocycles. The van der Waals surface area contributed by atoms with Crippen molar-refractivity contribution in [3.05, 3.63) is 89.4 Å². The quantitative estimate of drug-likeness (QED) is 0.212. The molecule has 1 amide bonds. The van der Waals surface area contributed by atoms with E-state index in [1.807, 2.05) is 93.5 Å². The molecule has 0 saturated carbocycles. The fourth-order valence-electron chi connectivity index (χ4n) is 3.89. The van der Waals surface area contributed by atoms with Gasteiger partial charge >= 0.3 is 0 Å². The number of hydrogen-bond donors (Lipinski definition) is 2. The number of carbonyl (C=O) groups is 1. The number of rotatable bonds is 11. The molecule has 0 bridgehead atoms. The van der Waals surface area contributed by atoms with Crippen molar-refractivity contribution in [3.8, 4) is 11.5 Å². The number of hydrogen-bond acceptors (Lipinski definition) is 7. The minimum absolute atomic E-state index is 0.236. The van der Waals surface area contributed by atoms with Gasteiger partial charge in [-0.2, -0.15) is 0 Å². The van der Waals surface area contributed by atoms with E-state index < -0.39 is 0 Å². The van der Waals surface area contributed by atoms with Crippen molar-refractivity contribution < 1.29 is 14.3 Å². The number of amides is 1. The molecule has 0 saturated heterocycles.